The van der Waals surface area contributed by atoms with E-state index >= 15 is 0 Å². The highest BCUT2D eigenvalue weighted by Gasteiger charge is 2.28. The molecule has 0 N–H and O–H groups in total. The third-order valence-electron chi connectivity index (χ3n) is 2.50. The number of hydrogen-bond donors (Lipinski definition) is 0. The van der Waals surface area contributed by atoms with Crippen LogP contribution in [0.5, 0.6) is 0 Å². The van der Waals surface area contributed by atoms with E-state index in [2.05, 4.69) is 6.58 Å². The maximum absolute atomic E-state index is 11.7. The van der Waals surface area contributed by atoms with Crippen molar-refractivity contribution < 1.29 is 4.79 Å². The lowest BCUT2D eigenvalue weighted by molar-refractivity contribution is 0.0892. The van der Waals surface area contributed by atoms with E-state index in [1.165, 1.54) is 5.57 Å². The number of allylic oxidation sites excluding steroid dienone is 1. The molecule has 0 amide bonds. The van der Waals surface area contributed by atoms with Crippen molar-refractivity contribution in [3.63, 3.8) is 0 Å². The predicted molar refractivity (Wildman–Crippen MR) is 52.6 cm³/mol. The van der Waals surface area contributed by atoms with Gasteiger partial charge in [0, 0.05) is 11.5 Å². The molecule has 0 aromatic heterocycles. The lowest BCUT2D eigenvalue weighted by atomic mass is 9.76. The van der Waals surface area contributed by atoms with E-state index in [-0.39, 0.29) is 11.7 Å². The minimum atomic E-state index is 0.204. The average molecular weight is 172 g/mol. The Morgan fingerprint density at radius 3 is 2.38 bits per heavy atom. The van der Waals surface area contributed by atoms with Crippen LogP contribution in [-0.4, -0.2) is 5.78 Å². The van der Waals surface area contributed by atoms with Crippen LogP contribution in [0.3, 0.4) is 0 Å². The van der Waals surface area contributed by atoms with Gasteiger partial charge < -0.3 is 0 Å². The van der Waals surface area contributed by atoms with Crippen molar-refractivity contribution >= 4 is 5.78 Å². The molecule has 66 valence electrons. The molecule has 13 heavy (non-hydrogen) atoms. The van der Waals surface area contributed by atoms with Gasteiger partial charge in [-0.2, -0.15) is 0 Å². The molecule has 1 nitrogen and oxygen atoms in total. The zero-order chi connectivity index (χ0) is 9.26. The highest BCUT2D eigenvalue weighted by molar-refractivity contribution is 5.98. The number of benzene rings is 1. The molecule has 0 heterocycles. The van der Waals surface area contributed by atoms with Crippen LogP contribution in [-0.2, 0) is 0 Å². The van der Waals surface area contributed by atoms with Crippen LogP contribution in [0.2, 0.25) is 0 Å². The fourth-order valence-corrected chi connectivity index (χ4v) is 1.66. The lowest BCUT2D eigenvalue weighted by Gasteiger charge is -2.26. The van der Waals surface area contributed by atoms with Gasteiger partial charge in [0.15, 0.2) is 5.78 Å². The molecule has 0 unspecified atom stereocenters. The van der Waals surface area contributed by atoms with Gasteiger partial charge in [0.2, 0.25) is 0 Å². The maximum atomic E-state index is 11.7. The van der Waals surface area contributed by atoms with Gasteiger partial charge in [-0.05, 0) is 12.8 Å². The SMILES string of the molecule is C=C1CC(C(=O)c2ccccc2)C1. The van der Waals surface area contributed by atoms with E-state index in [1.807, 2.05) is 30.3 Å². The fourth-order valence-electron chi connectivity index (χ4n) is 1.66. The number of carbonyl (C=O) groups is 1. The summed E-state index contributed by atoms with van der Waals surface area (Å²) in [6, 6.07) is 9.49. The highest BCUT2D eigenvalue weighted by Crippen LogP contribution is 2.33. The van der Waals surface area contributed by atoms with Crippen molar-refractivity contribution in [1.29, 1.82) is 0 Å². The lowest BCUT2D eigenvalue weighted by Crippen LogP contribution is -2.23. The smallest absolute Gasteiger partial charge is 0.166 e. The molecule has 1 fully saturated rings. The Kier molecular flexibility index (Phi) is 2.01. The minimum Gasteiger partial charge on any atom is -0.294 e. The summed E-state index contributed by atoms with van der Waals surface area (Å²) in [5.74, 6) is 0.475. The van der Waals surface area contributed by atoms with Gasteiger partial charge in [-0.15, -0.1) is 0 Å². The normalized spacial score (nSPS) is 16.8. The largest absolute Gasteiger partial charge is 0.294 e. The molecule has 1 aromatic rings. The first-order chi connectivity index (χ1) is 6.27. The summed E-state index contributed by atoms with van der Waals surface area (Å²) in [7, 11) is 0. The summed E-state index contributed by atoms with van der Waals surface area (Å²) in [6.07, 6.45) is 1.77. The maximum Gasteiger partial charge on any atom is 0.166 e. The van der Waals surface area contributed by atoms with Gasteiger partial charge in [0.1, 0.15) is 0 Å². The third kappa shape index (κ3) is 1.55. The summed E-state index contributed by atoms with van der Waals surface area (Å²) in [5.41, 5.74) is 2.04. The predicted octanol–water partition coefficient (Wildman–Crippen LogP) is 2.84. The third-order valence-corrected chi connectivity index (χ3v) is 2.50. The molecular formula is C12H12O. The first-order valence-electron chi connectivity index (χ1n) is 4.53. The first kappa shape index (κ1) is 8.24. The summed E-state index contributed by atoms with van der Waals surface area (Å²) in [4.78, 5) is 11.7. The van der Waals surface area contributed by atoms with Crippen LogP contribution in [0.1, 0.15) is 23.2 Å². The van der Waals surface area contributed by atoms with Crippen molar-refractivity contribution in [3.8, 4) is 0 Å². The Bertz CT molecular complexity index is 329. The minimum absolute atomic E-state index is 0.204. The second-order valence-electron chi connectivity index (χ2n) is 3.59. The molecule has 1 heteroatoms. The van der Waals surface area contributed by atoms with Gasteiger partial charge in [-0.3, -0.25) is 4.79 Å². The van der Waals surface area contributed by atoms with Crippen molar-refractivity contribution in [3.05, 3.63) is 48.0 Å². The first-order valence-corrected chi connectivity index (χ1v) is 4.53. The van der Waals surface area contributed by atoms with Crippen LogP contribution in [0.4, 0.5) is 0 Å². The van der Waals surface area contributed by atoms with Crippen LogP contribution >= 0.6 is 0 Å². The Balaban J connectivity index is 2.10. The van der Waals surface area contributed by atoms with Crippen molar-refractivity contribution in [1.82, 2.24) is 0 Å². The Morgan fingerprint density at radius 1 is 1.23 bits per heavy atom. The summed E-state index contributed by atoms with van der Waals surface area (Å²) in [6.45, 7) is 3.83. The summed E-state index contributed by atoms with van der Waals surface area (Å²) < 4.78 is 0. The van der Waals surface area contributed by atoms with Crippen LogP contribution in [0, 0.1) is 5.92 Å². The highest BCUT2D eigenvalue weighted by atomic mass is 16.1. The summed E-state index contributed by atoms with van der Waals surface area (Å²) in [5, 5.41) is 0. The molecule has 0 radical (unpaired) electrons. The monoisotopic (exact) mass is 172 g/mol. The molecular weight excluding hydrogens is 160 g/mol. The molecule has 0 saturated heterocycles. The van der Waals surface area contributed by atoms with Crippen molar-refractivity contribution in [2.75, 3.05) is 0 Å². The average Bonchev–Trinajstić information content (AvgIpc) is 2.13. The van der Waals surface area contributed by atoms with Crippen molar-refractivity contribution in [2.45, 2.75) is 12.8 Å². The van der Waals surface area contributed by atoms with E-state index in [9.17, 15) is 4.79 Å². The van der Waals surface area contributed by atoms with E-state index in [4.69, 9.17) is 0 Å². The second-order valence-corrected chi connectivity index (χ2v) is 3.59. The van der Waals surface area contributed by atoms with E-state index in [1.54, 1.807) is 0 Å². The number of rotatable bonds is 2. The standard InChI is InChI=1S/C12H12O/c1-9-7-11(8-9)12(13)10-5-3-2-4-6-10/h2-6,11H,1,7-8H2. The van der Waals surface area contributed by atoms with Crippen molar-refractivity contribution in [2.24, 2.45) is 5.92 Å². The molecule has 1 saturated carbocycles. The molecule has 0 aliphatic heterocycles. The zero-order valence-corrected chi connectivity index (χ0v) is 7.49. The van der Waals surface area contributed by atoms with Gasteiger partial charge in [0.05, 0.1) is 0 Å². The molecule has 1 aromatic carbocycles. The molecule has 0 bridgehead atoms. The van der Waals surface area contributed by atoms with Gasteiger partial charge in [-0.25, -0.2) is 0 Å². The van der Waals surface area contributed by atoms with E-state index < -0.39 is 0 Å². The number of hydrogen-bond acceptors (Lipinski definition) is 1. The molecule has 2 rings (SSSR count). The van der Waals surface area contributed by atoms with Gasteiger partial charge in [0.25, 0.3) is 0 Å². The number of Topliss-reactive ketones (excluding diaryl/α,β-unsaturated/α-hetero) is 1. The molecule has 1 aliphatic carbocycles. The van der Waals surface area contributed by atoms with Crippen LogP contribution < -0.4 is 0 Å². The number of carbonyl (C=O) groups excluding carboxylic acids is 1. The molecule has 1 aliphatic rings. The Labute approximate surface area is 78.1 Å². The van der Waals surface area contributed by atoms with E-state index in [0.29, 0.717) is 0 Å². The van der Waals surface area contributed by atoms with Gasteiger partial charge >= 0.3 is 0 Å². The molecule has 0 spiro atoms. The number of ketones is 1. The quantitative estimate of drug-likeness (QED) is 0.495. The topological polar surface area (TPSA) is 17.1 Å². The second kappa shape index (κ2) is 3.17. The van der Waals surface area contributed by atoms with E-state index in [0.717, 1.165) is 18.4 Å². The zero-order valence-electron chi connectivity index (χ0n) is 7.49. The Hall–Kier alpha value is -1.37. The molecule has 0 atom stereocenters. The Morgan fingerprint density at radius 2 is 1.85 bits per heavy atom. The van der Waals surface area contributed by atoms with Gasteiger partial charge in [-0.1, -0.05) is 42.5 Å². The van der Waals surface area contributed by atoms with Crippen LogP contribution in [0.25, 0.3) is 0 Å². The summed E-state index contributed by atoms with van der Waals surface area (Å²) >= 11 is 0. The van der Waals surface area contributed by atoms with Crippen LogP contribution in [0.15, 0.2) is 42.5 Å². The fraction of sp³-hybridized carbons (Fsp3) is 0.250.